The number of ether oxygens (including phenoxy) is 2. The zero-order valence-corrected chi connectivity index (χ0v) is 31.2. The molecule has 3 N–H and O–H groups in total. The van der Waals surface area contributed by atoms with Gasteiger partial charge in [0.2, 0.25) is 11.7 Å². The number of amides is 1. The van der Waals surface area contributed by atoms with Gasteiger partial charge in [0.15, 0.2) is 18.1 Å². The number of aliphatic hydroxyl groups excluding tert-OH is 1. The van der Waals surface area contributed by atoms with Gasteiger partial charge in [-0.1, -0.05) is 31.9 Å². The second-order valence-electron chi connectivity index (χ2n) is 15.4. The summed E-state index contributed by atoms with van der Waals surface area (Å²) in [4.78, 5) is 93.7. The van der Waals surface area contributed by atoms with Crippen molar-refractivity contribution in [1.29, 1.82) is 0 Å². The first-order chi connectivity index (χ1) is 25.8. The molecular formula is C36H50FN3O15. The van der Waals surface area contributed by atoms with Crippen LogP contribution in [0.25, 0.3) is 0 Å². The molecule has 0 aromatic carbocycles. The zero-order valence-electron chi connectivity index (χ0n) is 31.2. The molecule has 0 aliphatic heterocycles. The summed E-state index contributed by atoms with van der Waals surface area (Å²) in [5.74, 6) is -5.93. The van der Waals surface area contributed by atoms with E-state index in [1.807, 2.05) is 0 Å². The van der Waals surface area contributed by atoms with E-state index in [0.29, 0.717) is 18.4 Å². The highest BCUT2D eigenvalue weighted by Crippen LogP contribution is 2.70. The number of aliphatic hydroxyl groups is 2. The van der Waals surface area contributed by atoms with Crippen LogP contribution in [-0.4, -0.2) is 99.6 Å². The van der Waals surface area contributed by atoms with Crippen molar-refractivity contribution in [2.45, 2.75) is 115 Å². The van der Waals surface area contributed by atoms with Gasteiger partial charge in [0, 0.05) is 23.2 Å². The third kappa shape index (κ3) is 8.82. The van der Waals surface area contributed by atoms with Crippen LogP contribution in [0.1, 0.15) is 91.4 Å². The number of nitrogens with one attached hydrogen (secondary N) is 1. The van der Waals surface area contributed by atoms with Gasteiger partial charge in [-0.2, -0.15) is 0 Å². The lowest BCUT2D eigenvalue weighted by Crippen LogP contribution is -2.69. The van der Waals surface area contributed by atoms with E-state index in [-0.39, 0.29) is 77.0 Å². The number of rotatable bonds is 20. The predicted molar refractivity (Wildman–Crippen MR) is 185 cm³/mol. The highest BCUT2D eigenvalue weighted by Gasteiger charge is 2.75. The summed E-state index contributed by atoms with van der Waals surface area (Å²) in [6, 6.07) is -1.56. The van der Waals surface area contributed by atoms with E-state index < -0.39 is 98.8 Å². The molecule has 9 atom stereocenters. The molecule has 3 fully saturated rings. The highest BCUT2D eigenvalue weighted by atomic mass is 19.1. The summed E-state index contributed by atoms with van der Waals surface area (Å²) in [5.41, 5.74) is -6.30. The Bertz CT molecular complexity index is 1590. The van der Waals surface area contributed by atoms with Gasteiger partial charge in [0.05, 0.1) is 32.3 Å². The number of hydrogen-bond acceptors (Lipinski definition) is 15. The van der Waals surface area contributed by atoms with E-state index >= 15 is 4.39 Å². The molecule has 0 spiro atoms. The van der Waals surface area contributed by atoms with Crippen LogP contribution in [0.5, 0.6) is 0 Å². The fraction of sp³-hybridized carbons (Fsp3) is 0.750. The van der Waals surface area contributed by atoms with Crippen LogP contribution >= 0.6 is 0 Å². The van der Waals surface area contributed by atoms with Gasteiger partial charge < -0.3 is 34.7 Å². The maximum absolute atomic E-state index is 17.5. The minimum atomic E-state index is -2.18. The van der Waals surface area contributed by atoms with Gasteiger partial charge in [-0.15, -0.1) is 20.2 Å². The molecular weight excluding hydrogens is 733 g/mol. The maximum atomic E-state index is 17.5. The van der Waals surface area contributed by atoms with Crippen LogP contribution in [0.4, 0.5) is 4.39 Å². The van der Waals surface area contributed by atoms with Gasteiger partial charge in [-0.05, 0) is 82.3 Å². The monoisotopic (exact) mass is 783 g/mol. The molecule has 1 amide bonds. The average Bonchev–Trinajstić information content (AvgIpc) is 3.31. The lowest BCUT2D eigenvalue weighted by molar-refractivity contribution is -0.757. The van der Waals surface area contributed by atoms with Gasteiger partial charge in [-0.25, -0.2) is 9.18 Å². The number of carbonyl (C=O) groups is 5. The van der Waals surface area contributed by atoms with E-state index in [2.05, 4.69) is 15.0 Å². The number of fused-ring (bicyclic) bond motifs is 5. The molecule has 3 saturated carbocycles. The number of alkyl halides is 1. The van der Waals surface area contributed by atoms with Crippen LogP contribution in [0.3, 0.4) is 0 Å². The molecule has 306 valence electrons. The van der Waals surface area contributed by atoms with E-state index in [0.717, 1.165) is 0 Å². The van der Waals surface area contributed by atoms with Gasteiger partial charge in [-0.3, -0.25) is 19.2 Å². The minimum Gasteiger partial charge on any atom is -0.464 e. The van der Waals surface area contributed by atoms with Crippen molar-refractivity contribution in [2.24, 2.45) is 28.6 Å². The van der Waals surface area contributed by atoms with E-state index in [9.17, 15) is 54.4 Å². The summed E-state index contributed by atoms with van der Waals surface area (Å²) < 4.78 is 27.9. The van der Waals surface area contributed by atoms with Crippen LogP contribution in [0, 0.1) is 48.8 Å². The van der Waals surface area contributed by atoms with Crippen molar-refractivity contribution >= 4 is 29.4 Å². The second kappa shape index (κ2) is 17.5. The molecule has 4 aliphatic rings. The van der Waals surface area contributed by atoms with Crippen LogP contribution in [-0.2, 0) is 43.1 Å². The van der Waals surface area contributed by atoms with Crippen molar-refractivity contribution in [2.75, 3.05) is 26.4 Å². The summed E-state index contributed by atoms with van der Waals surface area (Å²) in [6.07, 6.45) is 3.65. The number of ketones is 2. The molecule has 55 heavy (non-hydrogen) atoms. The van der Waals surface area contributed by atoms with E-state index in [1.54, 1.807) is 20.8 Å². The normalized spacial score (nSPS) is 32.5. The Morgan fingerprint density at radius 3 is 2.29 bits per heavy atom. The molecule has 19 heteroatoms. The fourth-order valence-corrected chi connectivity index (χ4v) is 9.40. The molecule has 0 saturated heterocycles. The first-order valence-electron chi connectivity index (χ1n) is 18.5. The lowest BCUT2D eigenvalue weighted by Gasteiger charge is -2.62. The molecule has 1 unspecified atom stereocenters. The van der Waals surface area contributed by atoms with E-state index in [1.165, 1.54) is 18.2 Å². The molecule has 0 heterocycles. The topological polar surface area (TPSA) is 261 Å². The number of hydrogen-bond donors (Lipinski definition) is 3. The zero-order chi connectivity index (χ0) is 40.8. The maximum Gasteiger partial charge on any atom is 0.329 e. The molecule has 0 bridgehead atoms. The number of allylic oxidation sites excluding steroid dienone is 4. The lowest BCUT2D eigenvalue weighted by atomic mass is 9.44. The number of Topliss-reactive ketones (excluding diaryl/α,β-unsaturated/α-hetero) is 1. The number of esters is 2. The van der Waals surface area contributed by atoms with Crippen LogP contribution < -0.4 is 5.32 Å². The number of unbranched alkanes of at least 4 members (excludes halogenated alkanes) is 3. The Morgan fingerprint density at radius 1 is 1.00 bits per heavy atom. The van der Waals surface area contributed by atoms with Crippen molar-refractivity contribution in [3.05, 3.63) is 44.0 Å². The number of nitrogens with zero attached hydrogens (tertiary/aromatic N) is 2. The molecule has 0 aromatic heterocycles. The quantitative estimate of drug-likeness (QED) is 0.0694. The Morgan fingerprint density at radius 2 is 1.64 bits per heavy atom. The standard InChI is InChI=1S/C36H50FN3O15/c1-22-17-26-25-11-10-23-18-24(41)12-13-33(23,2)35(25,37)28(42)20-34(26,3)36(22,47)29(43)21-53-31(45)19-27(32(46)52-14-7-8-16-55-40(50)51)38-30(44)9-5-4-6-15-54-39(48)49/h12-13,18,22,25-28,42,47H,4-11,14-17,19-21H2,1-3H3,(H,38,44)/t22-,25-,26-,27?,28-,33-,34-,35-,36-/m0/s1. The minimum absolute atomic E-state index is 0.114. The van der Waals surface area contributed by atoms with E-state index in [4.69, 9.17) is 9.47 Å². The third-order valence-corrected chi connectivity index (χ3v) is 12.2. The summed E-state index contributed by atoms with van der Waals surface area (Å²) in [6.45, 7) is 3.39. The van der Waals surface area contributed by atoms with Crippen molar-refractivity contribution in [1.82, 2.24) is 5.32 Å². The molecule has 4 rings (SSSR count). The van der Waals surface area contributed by atoms with Crippen LogP contribution in [0.2, 0.25) is 0 Å². The Kier molecular flexibility index (Phi) is 13.8. The number of halogens is 1. The first-order valence-corrected chi connectivity index (χ1v) is 18.5. The molecule has 18 nitrogen and oxygen atoms in total. The Hall–Kier alpha value is -4.52. The Balaban J connectivity index is 1.40. The van der Waals surface area contributed by atoms with Crippen LogP contribution in [0.15, 0.2) is 23.8 Å². The number of carbonyl (C=O) groups excluding carboxylic acids is 5. The second-order valence-corrected chi connectivity index (χ2v) is 15.4. The summed E-state index contributed by atoms with van der Waals surface area (Å²) in [7, 11) is 0. The third-order valence-electron chi connectivity index (χ3n) is 12.2. The fourth-order valence-electron chi connectivity index (χ4n) is 9.40. The van der Waals surface area contributed by atoms with Crippen molar-refractivity contribution in [3.63, 3.8) is 0 Å². The largest absolute Gasteiger partial charge is 0.464 e. The molecule has 0 aromatic rings. The average molecular weight is 784 g/mol. The first kappa shape index (κ1) is 43.2. The van der Waals surface area contributed by atoms with Gasteiger partial charge in [0.25, 0.3) is 10.2 Å². The van der Waals surface area contributed by atoms with Gasteiger partial charge in [0.1, 0.15) is 11.6 Å². The van der Waals surface area contributed by atoms with Crippen molar-refractivity contribution < 1.29 is 67.9 Å². The molecule has 4 aliphatic carbocycles. The highest BCUT2D eigenvalue weighted by molar-refractivity contribution is 6.01. The van der Waals surface area contributed by atoms with Crippen molar-refractivity contribution in [3.8, 4) is 0 Å². The summed E-state index contributed by atoms with van der Waals surface area (Å²) in [5, 5.41) is 44.8. The SMILES string of the molecule is C[C@H]1C[C@H]2[C@@H]3CCC4=CC(=O)C=C[C@]4(C)[C@@]3(F)[C@@H](O)C[C@]2(C)[C@@]1(O)C(=O)COC(=O)CC(NC(=O)CCCCCO[N+](=O)[O-])C(=O)OCCCCO[N+](=O)[O-]. The molecule has 0 radical (unpaired) electrons. The predicted octanol–water partition coefficient (Wildman–Crippen LogP) is 2.62. The van der Waals surface area contributed by atoms with Gasteiger partial charge >= 0.3 is 11.9 Å². The Labute approximate surface area is 316 Å². The summed E-state index contributed by atoms with van der Waals surface area (Å²) >= 11 is 0. The smallest absolute Gasteiger partial charge is 0.329 e.